The van der Waals surface area contributed by atoms with E-state index >= 15 is 0 Å². The molecular weight excluding hydrogens is 432 g/mol. The maximum absolute atomic E-state index is 12.4. The topological polar surface area (TPSA) is 88.1 Å². The number of ether oxygens (including phenoxy) is 2. The summed E-state index contributed by atoms with van der Waals surface area (Å²) >= 11 is 0. The molecule has 4 rings (SSSR count). The van der Waals surface area contributed by atoms with Gasteiger partial charge in [0.2, 0.25) is 5.91 Å². The molecule has 34 heavy (non-hydrogen) atoms. The highest BCUT2D eigenvalue weighted by Crippen LogP contribution is 2.26. The maximum Gasteiger partial charge on any atom is 0.337 e. The van der Waals surface area contributed by atoms with Crippen molar-refractivity contribution in [1.82, 2.24) is 4.90 Å². The zero-order chi connectivity index (χ0) is 23.9. The number of anilines is 1. The van der Waals surface area contributed by atoms with Crippen LogP contribution < -0.4 is 14.8 Å². The largest absolute Gasteiger partial charge is 0.490 e. The number of hydrogen-bond donors (Lipinski definition) is 2. The number of aromatic carboxylic acids is 1. The molecule has 0 bridgehead atoms. The minimum atomic E-state index is -1.08. The van der Waals surface area contributed by atoms with Gasteiger partial charge in [0.05, 0.1) is 17.7 Å². The fourth-order valence-corrected chi connectivity index (χ4v) is 3.85. The van der Waals surface area contributed by atoms with Crippen molar-refractivity contribution in [2.45, 2.75) is 25.4 Å². The van der Waals surface area contributed by atoms with Crippen molar-refractivity contribution >= 4 is 17.6 Å². The van der Waals surface area contributed by atoms with Crippen LogP contribution >= 0.6 is 0 Å². The highest BCUT2D eigenvalue weighted by molar-refractivity contribution is 6.00. The number of nitrogens with zero attached hydrogens (tertiary/aromatic N) is 1. The minimum absolute atomic E-state index is 0.0577. The van der Waals surface area contributed by atoms with Crippen LogP contribution in [0.4, 0.5) is 5.69 Å². The Labute approximate surface area is 198 Å². The first-order valence-electron chi connectivity index (χ1n) is 11.3. The Kier molecular flexibility index (Phi) is 7.44. The van der Waals surface area contributed by atoms with E-state index in [9.17, 15) is 14.7 Å². The minimum Gasteiger partial charge on any atom is -0.490 e. The van der Waals surface area contributed by atoms with Gasteiger partial charge in [0.1, 0.15) is 23.4 Å². The second-order valence-corrected chi connectivity index (χ2v) is 8.41. The number of hydrogen-bond acceptors (Lipinski definition) is 5. The molecule has 0 saturated carbocycles. The number of piperidine rings is 1. The van der Waals surface area contributed by atoms with Gasteiger partial charge in [0, 0.05) is 13.1 Å². The summed E-state index contributed by atoms with van der Waals surface area (Å²) in [7, 11) is 2.13. The molecule has 176 valence electrons. The highest BCUT2D eigenvalue weighted by Gasteiger charge is 2.18. The molecule has 1 amide bonds. The SMILES string of the molecule is CN1CCC(Oc2ccc(Oc3ccc(CC(=O)Nc4ccccc4C(=O)O)cc3)cc2)CC1. The average Bonchev–Trinajstić information content (AvgIpc) is 2.83. The number of carboxylic acids is 1. The molecule has 2 N–H and O–H groups in total. The maximum atomic E-state index is 12.4. The first-order chi connectivity index (χ1) is 16.5. The van der Waals surface area contributed by atoms with E-state index in [1.807, 2.05) is 36.4 Å². The van der Waals surface area contributed by atoms with E-state index in [2.05, 4.69) is 17.3 Å². The molecular formula is C27H28N2O5. The Hall–Kier alpha value is -3.84. The van der Waals surface area contributed by atoms with Gasteiger partial charge in [0.25, 0.3) is 0 Å². The van der Waals surface area contributed by atoms with Crippen molar-refractivity contribution in [2.75, 3.05) is 25.5 Å². The summed E-state index contributed by atoms with van der Waals surface area (Å²) in [5, 5.41) is 11.9. The lowest BCUT2D eigenvalue weighted by atomic mass is 10.1. The van der Waals surface area contributed by atoms with Gasteiger partial charge in [-0.1, -0.05) is 24.3 Å². The average molecular weight is 461 g/mol. The van der Waals surface area contributed by atoms with Crippen molar-refractivity contribution < 1.29 is 24.2 Å². The Morgan fingerprint density at radius 3 is 2.15 bits per heavy atom. The summed E-state index contributed by atoms with van der Waals surface area (Å²) in [5.41, 5.74) is 1.13. The van der Waals surface area contributed by atoms with Crippen molar-refractivity contribution in [3.8, 4) is 17.2 Å². The number of para-hydroxylation sites is 1. The Morgan fingerprint density at radius 1 is 0.912 bits per heavy atom. The molecule has 0 radical (unpaired) electrons. The molecule has 0 unspecified atom stereocenters. The van der Waals surface area contributed by atoms with Crippen molar-refractivity contribution in [2.24, 2.45) is 0 Å². The van der Waals surface area contributed by atoms with Gasteiger partial charge < -0.3 is 24.8 Å². The van der Waals surface area contributed by atoms with Crippen molar-refractivity contribution in [3.63, 3.8) is 0 Å². The number of carbonyl (C=O) groups is 2. The third kappa shape index (κ3) is 6.36. The van der Waals surface area contributed by atoms with Crippen LogP contribution in [0.1, 0.15) is 28.8 Å². The number of benzene rings is 3. The molecule has 1 fully saturated rings. The lowest BCUT2D eigenvalue weighted by molar-refractivity contribution is -0.115. The molecule has 1 saturated heterocycles. The Bertz CT molecular complexity index is 1120. The number of amides is 1. The molecule has 0 atom stereocenters. The zero-order valence-electron chi connectivity index (χ0n) is 19.1. The smallest absolute Gasteiger partial charge is 0.337 e. The van der Waals surface area contributed by atoms with Crippen LogP contribution in [0.25, 0.3) is 0 Å². The van der Waals surface area contributed by atoms with Crippen molar-refractivity contribution in [3.05, 3.63) is 83.9 Å². The summed E-state index contributed by atoms with van der Waals surface area (Å²) in [6.45, 7) is 2.11. The second-order valence-electron chi connectivity index (χ2n) is 8.41. The molecule has 3 aromatic rings. The fraction of sp³-hybridized carbons (Fsp3) is 0.259. The summed E-state index contributed by atoms with van der Waals surface area (Å²) in [4.78, 5) is 26.0. The summed E-state index contributed by atoms with van der Waals surface area (Å²) in [5.74, 6) is 0.824. The monoisotopic (exact) mass is 460 g/mol. The van der Waals surface area contributed by atoms with E-state index in [1.54, 1.807) is 30.3 Å². The normalized spacial score (nSPS) is 14.4. The van der Waals surface area contributed by atoms with Gasteiger partial charge in [-0.3, -0.25) is 4.79 Å². The highest BCUT2D eigenvalue weighted by atomic mass is 16.5. The van der Waals surface area contributed by atoms with Crippen LogP contribution in [0.15, 0.2) is 72.8 Å². The molecule has 0 aromatic heterocycles. The molecule has 1 heterocycles. The van der Waals surface area contributed by atoms with Crippen LogP contribution in [0.3, 0.4) is 0 Å². The molecule has 0 spiro atoms. The van der Waals surface area contributed by atoms with Crippen LogP contribution in [-0.4, -0.2) is 48.1 Å². The number of rotatable bonds is 8. The number of likely N-dealkylation sites (tertiary alicyclic amines) is 1. The zero-order valence-corrected chi connectivity index (χ0v) is 19.1. The predicted octanol–water partition coefficient (Wildman–Crippen LogP) is 4.83. The predicted molar refractivity (Wildman–Crippen MR) is 130 cm³/mol. The van der Waals surface area contributed by atoms with Gasteiger partial charge >= 0.3 is 5.97 Å². The van der Waals surface area contributed by atoms with E-state index in [-0.39, 0.29) is 29.7 Å². The fourth-order valence-electron chi connectivity index (χ4n) is 3.85. The van der Waals surface area contributed by atoms with Crippen LogP contribution in [-0.2, 0) is 11.2 Å². The van der Waals surface area contributed by atoms with E-state index < -0.39 is 5.97 Å². The van der Waals surface area contributed by atoms with Crippen LogP contribution in [0, 0.1) is 0 Å². The van der Waals surface area contributed by atoms with Gasteiger partial charge in [0.15, 0.2) is 0 Å². The lowest BCUT2D eigenvalue weighted by Gasteiger charge is -2.29. The molecule has 7 nitrogen and oxygen atoms in total. The Morgan fingerprint density at radius 2 is 1.50 bits per heavy atom. The van der Waals surface area contributed by atoms with Gasteiger partial charge in [-0.15, -0.1) is 0 Å². The lowest BCUT2D eigenvalue weighted by Crippen LogP contribution is -2.35. The number of carbonyl (C=O) groups excluding carboxylic acids is 1. The second kappa shape index (κ2) is 10.9. The van der Waals surface area contributed by atoms with E-state index in [4.69, 9.17) is 9.47 Å². The molecule has 3 aromatic carbocycles. The Balaban J connectivity index is 1.29. The van der Waals surface area contributed by atoms with E-state index in [1.165, 1.54) is 6.07 Å². The summed E-state index contributed by atoms with van der Waals surface area (Å²) < 4.78 is 12.0. The standard InChI is InChI=1S/C27H28N2O5/c1-29-16-14-23(15-17-29)34-22-12-10-21(11-13-22)33-20-8-6-19(7-9-20)18-26(30)28-25-5-3-2-4-24(25)27(31)32/h2-13,23H,14-18H2,1H3,(H,28,30)(H,31,32). The van der Waals surface area contributed by atoms with Crippen molar-refractivity contribution in [1.29, 1.82) is 0 Å². The number of carboxylic acid groups (broad SMARTS) is 1. The van der Waals surface area contributed by atoms with Gasteiger partial charge in [-0.2, -0.15) is 0 Å². The summed E-state index contributed by atoms with van der Waals surface area (Å²) in [6, 6.07) is 21.2. The quantitative estimate of drug-likeness (QED) is 0.501. The molecule has 1 aliphatic rings. The third-order valence-electron chi connectivity index (χ3n) is 5.75. The van der Waals surface area contributed by atoms with E-state index in [0.29, 0.717) is 11.5 Å². The van der Waals surface area contributed by atoms with Crippen LogP contribution in [0.2, 0.25) is 0 Å². The van der Waals surface area contributed by atoms with E-state index in [0.717, 1.165) is 37.2 Å². The van der Waals surface area contributed by atoms with Gasteiger partial charge in [-0.25, -0.2) is 4.79 Å². The van der Waals surface area contributed by atoms with Crippen LogP contribution in [0.5, 0.6) is 17.2 Å². The third-order valence-corrected chi connectivity index (χ3v) is 5.75. The number of nitrogens with one attached hydrogen (secondary N) is 1. The first kappa shape index (κ1) is 23.3. The first-order valence-corrected chi connectivity index (χ1v) is 11.3. The molecule has 0 aliphatic carbocycles. The summed E-state index contributed by atoms with van der Waals surface area (Å²) in [6.07, 6.45) is 2.44. The molecule has 1 aliphatic heterocycles. The molecule has 7 heteroatoms. The van der Waals surface area contributed by atoms with Gasteiger partial charge in [-0.05, 0) is 74.0 Å².